The van der Waals surface area contributed by atoms with Crippen LogP contribution in [0.25, 0.3) is 6.08 Å². The molecule has 0 spiro atoms. The second kappa shape index (κ2) is 11.2. The van der Waals surface area contributed by atoms with Crippen LogP contribution in [0.5, 0.6) is 0 Å². The smallest absolute Gasteiger partial charge is 0.0449 e. The summed E-state index contributed by atoms with van der Waals surface area (Å²) in [5, 5.41) is 0.751. The Labute approximate surface area is 162 Å². The van der Waals surface area contributed by atoms with E-state index in [0.717, 1.165) is 21.0 Å². The Morgan fingerprint density at radius 2 is 1.52 bits per heavy atom. The summed E-state index contributed by atoms with van der Waals surface area (Å²) in [4.78, 5) is 0.862. The summed E-state index contributed by atoms with van der Waals surface area (Å²) < 4.78 is 0. The second-order valence-electron chi connectivity index (χ2n) is 6.46. The Balaban J connectivity index is 1.80. The Bertz CT molecular complexity index is 668. The number of allylic oxidation sites excluding steroid dienone is 1. The predicted molar refractivity (Wildman–Crippen MR) is 116 cm³/mol. The van der Waals surface area contributed by atoms with Crippen LogP contribution in [0.3, 0.4) is 0 Å². The van der Waals surface area contributed by atoms with E-state index >= 15 is 0 Å². The van der Waals surface area contributed by atoms with Crippen LogP contribution in [0.2, 0.25) is 5.02 Å². The molecular formula is C23H27ClS. The number of thiocarbonyl (C=S) groups is 1. The third kappa shape index (κ3) is 7.54. The molecule has 0 saturated carbocycles. The summed E-state index contributed by atoms with van der Waals surface area (Å²) in [7, 11) is 0. The van der Waals surface area contributed by atoms with E-state index in [1.165, 1.54) is 50.5 Å². The molecule has 0 bridgehead atoms. The molecule has 0 atom stereocenters. The molecule has 2 aromatic rings. The van der Waals surface area contributed by atoms with Crippen LogP contribution in [-0.4, -0.2) is 4.86 Å². The summed E-state index contributed by atoms with van der Waals surface area (Å²) >= 11 is 11.4. The van der Waals surface area contributed by atoms with Crippen molar-refractivity contribution in [3.8, 4) is 0 Å². The van der Waals surface area contributed by atoms with E-state index in [1.807, 2.05) is 36.4 Å². The van der Waals surface area contributed by atoms with Crippen molar-refractivity contribution >= 4 is 34.8 Å². The van der Waals surface area contributed by atoms with Crippen LogP contribution in [0.4, 0.5) is 0 Å². The van der Waals surface area contributed by atoms with Gasteiger partial charge in [0.2, 0.25) is 0 Å². The Morgan fingerprint density at radius 3 is 2.20 bits per heavy atom. The van der Waals surface area contributed by atoms with Gasteiger partial charge in [-0.15, -0.1) is 0 Å². The first-order valence-corrected chi connectivity index (χ1v) is 10.0. The minimum Gasteiger partial charge on any atom is -0.0843 e. The van der Waals surface area contributed by atoms with Gasteiger partial charge >= 0.3 is 0 Å². The van der Waals surface area contributed by atoms with Crippen molar-refractivity contribution in [3.05, 3.63) is 76.3 Å². The van der Waals surface area contributed by atoms with Crippen LogP contribution < -0.4 is 0 Å². The van der Waals surface area contributed by atoms with Gasteiger partial charge in [-0.2, -0.15) is 0 Å². The number of halogens is 1. The van der Waals surface area contributed by atoms with Gasteiger partial charge in [0, 0.05) is 9.89 Å². The van der Waals surface area contributed by atoms with Crippen molar-refractivity contribution in [3.63, 3.8) is 0 Å². The number of hydrogen-bond donors (Lipinski definition) is 0. The van der Waals surface area contributed by atoms with Gasteiger partial charge in [-0.3, -0.25) is 0 Å². The van der Waals surface area contributed by atoms with Crippen LogP contribution in [0, 0.1) is 0 Å². The molecule has 0 fully saturated rings. The Kier molecular flexibility index (Phi) is 8.93. The fraction of sp³-hybridized carbons (Fsp3) is 0.348. The molecule has 2 heteroatoms. The van der Waals surface area contributed by atoms with Crippen molar-refractivity contribution in [1.82, 2.24) is 0 Å². The topological polar surface area (TPSA) is 0 Å². The first-order valence-electron chi connectivity index (χ1n) is 9.26. The average Bonchev–Trinajstić information content (AvgIpc) is 2.64. The Morgan fingerprint density at radius 1 is 0.880 bits per heavy atom. The number of rotatable bonds is 10. The van der Waals surface area contributed by atoms with Gasteiger partial charge in [-0.1, -0.05) is 105 Å². The molecule has 0 aromatic heterocycles. The maximum atomic E-state index is 5.90. The Hall–Kier alpha value is -1.44. The minimum absolute atomic E-state index is 0.751. The highest BCUT2D eigenvalue weighted by Crippen LogP contribution is 2.14. The van der Waals surface area contributed by atoms with Gasteiger partial charge in [-0.25, -0.2) is 0 Å². The lowest BCUT2D eigenvalue weighted by Gasteiger charge is -2.04. The molecule has 2 rings (SSSR count). The molecule has 132 valence electrons. The monoisotopic (exact) mass is 370 g/mol. The van der Waals surface area contributed by atoms with Gasteiger partial charge in [0.15, 0.2) is 0 Å². The number of aryl methyl sites for hydroxylation is 1. The zero-order chi connectivity index (χ0) is 17.9. The SMILES string of the molecule is CCCCCCCCc1ccc(C(=S)C=Cc2ccc(Cl)cc2)cc1. The predicted octanol–water partition coefficient (Wildman–Crippen LogP) is 7.67. The molecule has 0 aliphatic rings. The first kappa shape index (κ1) is 19.9. The second-order valence-corrected chi connectivity index (χ2v) is 7.34. The lowest BCUT2D eigenvalue weighted by molar-refractivity contribution is 0.607. The van der Waals surface area contributed by atoms with Crippen LogP contribution in [0.15, 0.2) is 54.6 Å². The van der Waals surface area contributed by atoms with Crippen LogP contribution >= 0.6 is 23.8 Å². The fourth-order valence-corrected chi connectivity index (χ4v) is 3.12. The normalized spacial score (nSPS) is 11.1. The average molecular weight is 371 g/mol. The lowest BCUT2D eigenvalue weighted by atomic mass is 10.0. The van der Waals surface area contributed by atoms with E-state index in [2.05, 4.69) is 31.2 Å². The standard InChI is InChI=1S/C23H27ClS/c1-2-3-4-5-6-7-8-19-9-14-21(15-10-19)23(25)18-13-20-11-16-22(24)17-12-20/h9-18H,2-8H2,1H3. The highest BCUT2D eigenvalue weighted by molar-refractivity contribution is 7.81. The fourth-order valence-electron chi connectivity index (χ4n) is 2.79. The summed E-state index contributed by atoms with van der Waals surface area (Å²) in [5.41, 5.74) is 3.61. The van der Waals surface area contributed by atoms with Crippen LogP contribution in [0.1, 0.15) is 62.1 Å². The molecule has 0 aliphatic carbocycles. The van der Waals surface area contributed by atoms with Crippen LogP contribution in [-0.2, 0) is 6.42 Å². The highest BCUT2D eigenvalue weighted by Gasteiger charge is 1.99. The van der Waals surface area contributed by atoms with E-state index in [4.69, 9.17) is 23.8 Å². The lowest BCUT2D eigenvalue weighted by Crippen LogP contribution is -1.93. The molecule has 0 nitrogen and oxygen atoms in total. The molecule has 0 unspecified atom stereocenters. The first-order chi connectivity index (χ1) is 12.2. The largest absolute Gasteiger partial charge is 0.0843 e. The summed E-state index contributed by atoms with van der Waals surface area (Å²) in [6.07, 6.45) is 13.2. The molecule has 25 heavy (non-hydrogen) atoms. The maximum Gasteiger partial charge on any atom is 0.0449 e. The van der Waals surface area contributed by atoms with E-state index in [0.29, 0.717) is 0 Å². The number of benzene rings is 2. The number of hydrogen-bond acceptors (Lipinski definition) is 1. The molecule has 2 aromatic carbocycles. The zero-order valence-corrected chi connectivity index (χ0v) is 16.6. The van der Waals surface area contributed by atoms with Gasteiger partial charge in [0.25, 0.3) is 0 Å². The number of unbranched alkanes of at least 4 members (excludes halogenated alkanes) is 5. The third-order valence-electron chi connectivity index (χ3n) is 4.35. The van der Waals surface area contributed by atoms with Crippen molar-refractivity contribution < 1.29 is 0 Å². The maximum absolute atomic E-state index is 5.90. The highest BCUT2D eigenvalue weighted by atomic mass is 35.5. The van der Waals surface area contributed by atoms with Crippen molar-refractivity contribution in [1.29, 1.82) is 0 Å². The quantitative estimate of drug-likeness (QED) is 0.179. The molecule has 0 saturated heterocycles. The van der Waals surface area contributed by atoms with E-state index in [-0.39, 0.29) is 0 Å². The zero-order valence-electron chi connectivity index (χ0n) is 15.0. The van der Waals surface area contributed by atoms with Gasteiger partial charge in [0.05, 0.1) is 0 Å². The van der Waals surface area contributed by atoms with E-state index in [9.17, 15) is 0 Å². The molecule has 0 N–H and O–H groups in total. The third-order valence-corrected chi connectivity index (χ3v) is 4.98. The van der Waals surface area contributed by atoms with Crippen molar-refractivity contribution in [2.45, 2.75) is 51.9 Å². The molecule has 0 heterocycles. The van der Waals surface area contributed by atoms with Gasteiger partial charge in [0.1, 0.15) is 0 Å². The van der Waals surface area contributed by atoms with E-state index in [1.54, 1.807) is 0 Å². The summed E-state index contributed by atoms with van der Waals surface area (Å²) in [6.45, 7) is 2.26. The molecule has 0 amide bonds. The van der Waals surface area contributed by atoms with Crippen molar-refractivity contribution in [2.75, 3.05) is 0 Å². The summed E-state index contributed by atoms with van der Waals surface area (Å²) in [5.74, 6) is 0. The minimum atomic E-state index is 0.751. The summed E-state index contributed by atoms with van der Waals surface area (Å²) in [6, 6.07) is 16.5. The molecule has 0 radical (unpaired) electrons. The van der Waals surface area contributed by atoms with Gasteiger partial charge < -0.3 is 0 Å². The van der Waals surface area contributed by atoms with Gasteiger partial charge in [-0.05, 0) is 47.7 Å². The van der Waals surface area contributed by atoms with Crippen molar-refractivity contribution in [2.24, 2.45) is 0 Å². The molecular weight excluding hydrogens is 344 g/mol. The van der Waals surface area contributed by atoms with E-state index < -0.39 is 0 Å². The molecule has 0 aliphatic heterocycles.